The first-order valence-electron chi connectivity index (χ1n) is 9.11. The second-order valence-electron chi connectivity index (χ2n) is 6.80. The van der Waals surface area contributed by atoms with Gasteiger partial charge in [-0.1, -0.05) is 42.0 Å². The summed E-state index contributed by atoms with van der Waals surface area (Å²) in [5.74, 6) is -0.934. The first-order chi connectivity index (χ1) is 14.0. The van der Waals surface area contributed by atoms with E-state index in [0.29, 0.717) is 16.9 Å². The highest BCUT2D eigenvalue weighted by Crippen LogP contribution is 2.26. The van der Waals surface area contributed by atoms with Gasteiger partial charge >= 0.3 is 5.97 Å². The third-order valence-corrected chi connectivity index (χ3v) is 4.75. The van der Waals surface area contributed by atoms with Gasteiger partial charge in [-0.2, -0.15) is 0 Å². The fourth-order valence-electron chi connectivity index (χ4n) is 3.20. The summed E-state index contributed by atoms with van der Waals surface area (Å²) in [6.07, 6.45) is 1.55. The van der Waals surface area contributed by atoms with E-state index in [1.165, 1.54) is 6.92 Å². The number of imide groups is 1. The zero-order valence-electron chi connectivity index (χ0n) is 15.9. The van der Waals surface area contributed by atoms with Crippen molar-refractivity contribution >= 4 is 17.8 Å². The highest BCUT2D eigenvalue weighted by molar-refractivity contribution is 6.22. The summed E-state index contributed by atoms with van der Waals surface area (Å²) in [6.45, 7) is 3.10. The van der Waals surface area contributed by atoms with Crippen LogP contribution < -0.4 is 0 Å². The molecular formula is C22H18N2O5. The molecule has 0 saturated carbocycles. The second-order valence-corrected chi connectivity index (χ2v) is 6.80. The van der Waals surface area contributed by atoms with Gasteiger partial charge in [0.25, 0.3) is 11.8 Å². The van der Waals surface area contributed by atoms with Gasteiger partial charge in [0.2, 0.25) is 5.89 Å². The number of carbonyl (C=O) groups is 3. The Kier molecular flexibility index (Phi) is 4.72. The van der Waals surface area contributed by atoms with Crippen molar-refractivity contribution < 1.29 is 23.5 Å². The highest BCUT2D eigenvalue weighted by Gasteiger charge is 2.41. The van der Waals surface area contributed by atoms with E-state index in [1.54, 1.807) is 24.4 Å². The Bertz CT molecular complexity index is 1100. The summed E-state index contributed by atoms with van der Waals surface area (Å²) in [4.78, 5) is 42.7. The molecule has 4 rings (SSSR count). The van der Waals surface area contributed by atoms with Crippen LogP contribution in [0.4, 0.5) is 0 Å². The van der Waals surface area contributed by atoms with E-state index in [4.69, 9.17) is 9.15 Å². The summed E-state index contributed by atoms with van der Waals surface area (Å²) >= 11 is 0. The molecule has 0 radical (unpaired) electrons. The monoisotopic (exact) mass is 390 g/mol. The maximum atomic E-state index is 12.6. The molecule has 1 atom stereocenters. The Morgan fingerprint density at radius 2 is 1.83 bits per heavy atom. The van der Waals surface area contributed by atoms with Gasteiger partial charge in [-0.3, -0.25) is 14.5 Å². The van der Waals surface area contributed by atoms with Crippen molar-refractivity contribution in [3.8, 4) is 11.3 Å². The van der Waals surface area contributed by atoms with Crippen molar-refractivity contribution in [2.24, 2.45) is 0 Å². The molecule has 2 heterocycles. The number of nitrogens with zero attached hydrogens (tertiary/aromatic N) is 2. The third-order valence-electron chi connectivity index (χ3n) is 4.75. The summed E-state index contributed by atoms with van der Waals surface area (Å²) in [7, 11) is 0. The maximum Gasteiger partial charge on any atom is 0.329 e. The van der Waals surface area contributed by atoms with Gasteiger partial charge in [0.1, 0.15) is 6.04 Å². The normalized spacial score (nSPS) is 14.1. The molecule has 0 spiro atoms. The molecule has 2 amide bonds. The molecule has 1 unspecified atom stereocenters. The Balaban J connectivity index is 1.42. The summed E-state index contributed by atoms with van der Waals surface area (Å²) in [5.41, 5.74) is 2.31. The van der Waals surface area contributed by atoms with E-state index in [9.17, 15) is 14.4 Å². The van der Waals surface area contributed by atoms with Crippen LogP contribution in [0.25, 0.3) is 11.3 Å². The van der Waals surface area contributed by atoms with Gasteiger partial charge in [-0.25, -0.2) is 9.78 Å². The van der Waals surface area contributed by atoms with Gasteiger partial charge in [0, 0.05) is 5.56 Å². The van der Waals surface area contributed by atoms with Crippen LogP contribution in [0.5, 0.6) is 0 Å². The highest BCUT2D eigenvalue weighted by atomic mass is 16.5. The van der Waals surface area contributed by atoms with E-state index < -0.39 is 23.8 Å². The quantitative estimate of drug-likeness (QED) is 0.490. The van der Waals surface area contributed by atoms with Crippen molar-refractivity contribution in [2.75, 3.05) is 0 Å². The van der Waals surface area contributed by atoms with Crippen molar-refractivity contribution in [3.05, 3.63) is 77.3 Å². The Hall–Kier alpha value is -3.74. The molecule has 1 aromatic heterocycles. The molecular weight excluding hydrogens is 372 g/mol. The fourth-order valence-corrected chi connectivity index (χ4v) is 3.20. The molecule has 1 aliphatic rings. The van der Waals surface area contributed by atoms with Gasteiger partial charge in [-0.05, 0) is 26.0 Å². The number of ether oxygens (including phenoxy) is 1. The number of benzene rings is 2. The molecule has 0 aliphatic carbocycles. The van der Waals surface area contributed by atoms with Crippen LogP contribution in [0.2, 0.25) is 0 Å². The molecule has 0 bridgehead atoms. The van der Waals surface area contributed by atoms with E-state index >= 15 is 0 Å². The zero-order chi connectivity index (χ0) is 20.5. The van der Waals surface area contributed by atoms with Crippen LogP contribution >= 0.6 is 0 Å². The average molecular weight is 390 g/mol. The lowest BCUT2D eigenvalue weighted by Crippen LogP contribution is -2.43. The first-order valence-corrected chi connectivity index (χ1v) is 9.11. The third kappa shape index (κ3) is 3.42. The second kappa shape index (κ2) is 7.35. The van der Waals surface area contributed by atoms with Crippen LogP contribution in [0.15, 0.2) is 59.1 Å². The van der Waals surface area contributed by atoms with Crippen molar-refractivity contribution in [2.45, 2.75) is 26.5 Å². The lowest BCUT2D eigenvalue weighted by Gasteiger charge is -2.20. The van der Waals surface area contributed by atoms with Gasteiger partial charge in [0.05, 0.1) is 17.3 Å². The van der Waals surface area contributed by atoms with E-state index in [2.05, 4.69) is 4.98 Å². The van der Waals surface area contributed by atoms with E-state index in [0.717, 1.165) is 16.0 Å². The van der Waals surface area contributed by atoms with Crippen molar-refractivity contribution in [1.82, 2.24) is 9.88 Å². The molecule has 0 N–H and O–H groups in total. The van der Waals surface area contributed by atoms with Crippen LogP contribution in [-0.2, 0) is 16.1 Å². The number of aromatic nitrogens is 1. The Morgan fingerprint density at radius 1 is 1.10 bits per heavy atom. The van der Waals surface area contributed by atoms with Crippen LogP contribution in [0, 0.1) is 6.92 Å². The van der Waals surface area contributed by atoms with Gasteiger partial charge in [0.15, 0.2) is 12.4 Å². The largest absolute Gasteiger partial charge is 0.454 e. The summed E-state index contributed by atoms with van der Waals surface area (Å²) in [6, 6.07) is 13.3. The van der Waals surface area contributed by atoms with E-state index in [1.807, 2.05) is 37.3 Å². The number of oxazole rings is 1. The number of amides is 2. The van der Waals surface area contributed by atoms with Crippen LogP contribution in [0.1, 0.15) is 39.1 Å². The fraction of sp³-hybridized carbons (Fsp3) is 0.182. The topological polar surface area (TPSA) is 89.7 Å². The van der Waals surface area contributed by atoms with Gasteiger partial charge in [-0.15, -0.1) is 0 Å². The smallest absolute Gasteiger partial charge is 0.329 e. The maximum absolute atomic E-state index is 12.6. The molecule has 7 heteroatoms. The molecule has 2 aromatic carbocycles. The molecule has 29 heavy (non-hydrogen) atoms. The van der Waals surface area contributed by atoms with Crippen LogP contribution in [-0.4, -0.2) is 33.7 Å². The number of hydrogen-bond donors (Lipinski definition) is 0. The predicted octanol–water partition coefficient (Wildman–Crippen LogP) is 3.38. The van der Waals surface area contributed by atoms with E-state index in [-0.39, 0.29) is 12.5 Å². The minimum atomic E-state index is -1.06. The number of aryl methyl sites for hydroxylation is 1. The zero-order valence-corrected chi connectivity index (χ0v) is 15.9. The standard InChI is InChI=1S/C22H18N2O5/c1-13-8-9-16-17(10-13)21(26)24(20(16)25)14(2)22(27)28-12-19-23-11-18(29-19)15-6-4-3-5-7-15/h3-11,14H,12H2,1-2H3. The summed E-state index contributed by atoms with van der Waals surface area (Å²) < 4.78 is 10.8. The minimum absolute atomic E-state index is 0.196. The molecule has 1 aliphatic heterocycles. The van der Waals surface area contributed by atoms with Crippen molar-refractivity contribution in [3.63, 3.8) is 0 Å². The minimum Gasteiger partial charge on any atom is -0.454 e. The number of carbonyl (C=O) groups excluding carboxylic acids is 3. The number of fused-ring (bicyclic) bond motifs is 1. The SMILES string of the molecule is Cc1ccc2c(c1)C(=O)N(C(C)C(=O)OCc1ncc(-c3ccccc3)o1)C2=O. The molecule has 0 fully saturated rings. The summed E-state index contributed by atoms with van der Waals surface area (Å²) in [5, 5.41) is 0. The lowest BCUT2D eigenvalue weighted by molar-refractivity contribution is -0.149. The van der Waals surface area contributed by atoms with Crippen LogP contribution in [0.3, 0.4) is 0 Å². The molecule has 0 saturated heterocycles. The number of esters is 1. The van der Waals surface area contributed by atoms with Gasteiger partial charge < -0.3 is 9.15 Å². The predicted molar refractivity (Wildman–Crippen MR) is 103 cm³/mol. The Morgan fingerprint density at radius 3 is 2.59 bits per heavy atom. The number of rotatable bonds is 5. The molecule has 3 aromatic rings. The lowest BCUT2D eigenvalue weighted by atomic mass is 10.1. The first kappa shape index (κ1) is 18.6. The molecule has 7 nitrogen and oxygen atoms in total. The Labute approximate surface area is 166 Å². The number of hydrogen-bond acceptors (Lipinski definition) is 6. The molecule has 146 valence electrons. The van der Waals surface area contributed by atoms with Crippen molar-refractivity contribution in [1.29, 1.82) is 0 Å². The average Bonchev–Trinajstić information content (AvgIpc) is 3.30.